The Morgan fingerprint density at radius 1 is 1.13 bits per heavy atom. The van der Waals surface area contributed by atoms with Gasteiger partial charge in [0.05, 0.1) is 23.5 Å². The minimum Gasteiger partial charge on any atom is -0.462 e. The van der Waals surface area contributed by atoms with Crippen LogP contribution in [-0.4, -0.2) is 24.4 Å². The van der Waals surface area contributed by atoms with E-state index in [9.17, 15) is 14.4 Å². The van der Waals surface area contributed by atoms with E-state index in [4.69, 9.17) is 16.3 Å². The Labute approximate surface area is 186 Å². The summed E-state index contributed by atoms with van der Waals surface area (Å²) in [5, 5.41) is 8.20. The summed E-state index contributed by atoms with van der Waals surface area (Å²) in [6, 6.07) is 10.5. The maximum Gasteiger partial charge on any atom is 0.341 e. The number of benzene rings is 1. The van der Waals surface area contributed by atoms with E-state index in [1.54, 1.807) is 38.1 Å². The summed E-state index contributed by atoms with van der Waals surface area (Å²) in [6.07, 6.45) is 0.181. The van der Waals surface area contributed by atoms with Crippen LogP contribution in [0.1, 0.15) is 37.4 Å². The van der Waals surface area contributed by atoms with Gasteiger partial charge < -0.3 is 15.4 Å². The van der Waals surface area contributed by atoms with Crippen molar-refractivity contribution in [3.8, 4) is 0 Å². The lowest BCUT2D eigenvalue weighted by molar-refractivity contribution is -0.115. The number of hydrogen-bond donors (Lipinski definition) is 2. The van der Waals surface area contributed by atoms with E-state index >= 15 is 0 Å². The smallest absolute Gasteiger partial charge is 0.341 e. The van der Waals surface area contributed by atoms with Gasteiger partial charge in [-0.05, 0) is 49.1 Å². The molecule has 0 spiro atoms. The van der Waals surface area contributed by atoms with Crippen molar-refractivity contribution in [1.82, 2.24) is 0 Å². The van der Waals surface area contributed by atoms with Gasteiger partial charge in [-0.1, -0.05) is 23.7 Å². The summed E-state index contributed by atoms with van der Waals surface area (Å²) < 4.78 is 5.13. The molecule has 3 aromatic rings. The highest BCUT2D eigenvalue weighted by Gasteiger charge is 2.26. The maximum absolute atomic E-state index is 12.8. The molecule has 0 radical (unpaired) electrons. The average molecular weight is 463 g/mol. The first-order valence-corrected chi connectivity index (χ1v) is 11.2. The van der Waals surface area contributed by atoms with Gasteiger partial charge in [0.15, 0.2) is 0 Å². The number of ether oxygens (including phenoxy) is 1. The summed E-state index contributed by atoms with van der Waals surface area (Å²) in [5.41, 5.74) is 1.17. The number of nitrogens with one attached hydrogen (secondary N) is 2. The van der Waals surface area contributed by atoms with Crippen molar-refractivity contribution in [2.24, 2.45) is 0 Å². The van der Waals surface area contributed by atoms with E-state index < -0.39 is 11.9 Å². The van der Waals surface area contributed by atoms with Crippen molar-refractivity contribution < 1.29 is 19.1 Å². The molecule has 0 fully saturated rings. The second kappa shape index (κ2) is 9.88. The third-order valence-corrected chi connectivity index (χ3v) is 6.40. The number of anilines is 2. The Morgan fingerprint density at radius 3 is 2.60 bits per heavy atom. The number of carbonyl (C=O) groups excluding carboxylic acids is 3. The molecule has 6 nitrogen and oxygen atoms in total. The van der Waals surface area contributed by atoms with E-state index in [0.717, 1.165) is 16.2 Å². The minimum absolute atomic E-state index is 0.181. The monoisotopic (exact) mass is 462 g/mol. The molecule has 2 N–H and O–H groups in total. The summed E-state index contributed by atoms with van der Waals surface area (Å²) in [7, 11) is 0. The molecule has 0 bridgehead atoms. The van der Waals surface area contributed by atoms with Gasteiger partial charge in [0, 0.05) is 15.6 Å². The third-order valence-electron chi connectivity index (χ3n) is 4.08. The molecule has 0 aliphatic carbocycles. The Hall–Kier alpha value is -2.68. The lowest BCUT2D eigenvalue weighted by atomic mass is 10.1. The molecule has 2 aromatic heterocycles. The zero-order valence-electron chi connectivity index (χ0n) is 16.3. The van der Waals surface area contributed by atoms with Crippen molar-refractivity contribution in [2.45, 2.75) is 20.3 Å². The third kappa shape index (κ3) is 5.27. The van der Waals surface area contributed by atoms with Crippen molar-refractivity contribution in [3.05, 3.63) is 67.7 Å². The Morgan fingerprint density at radius 2 is 1.93 bits per heavy atom. The van der Waals surface area contributed by atoms with Gasteiger partial charge in [-0.25, -0.2) is 4.79 Å². The minimum atomic E-state index is -0.584. The summed E-state index contributed by atoms with van der Waals surface area (Å²) in [4.78, 5) is 39.0. The number of halogens is 1. The molecule has 0 aliphatic rings. The molecule has 2 amide bonds. The molecule has 3 rings (SSSR count). The van der Waals surface area contributed by atoms with Gasteiger partial charge in [0.2, 0.25) is 5.91 Å². The number of amides is 2. The lowest BCUT2D eigenvalue weighted by Crippen LogP contribution is -2.16. The first-order valence-electron chi connectivity index (χ1n) is 9.08. The van der Waals surface area contributed by atoms with Gasteiger partial charge in [-0.15, -0.1) is 22.7 Å². The highest BCUT2D eigenvalue weighted by atomic mass is 35.5. The zero-order chi connectivity index (χ0) is 21.7. The fourth-order valence-corrected chi connectivity index (χ4v) is 4.76. The van der Waals surface area contributed by atoms with E-state index in [1.165, 1.54) is 11.3 Å². The molecule has 30 heavy (non-hydrogen) atoms. The van der Waals surface area contributed by atoms with Crippen molar-refractivity contribution in [1.29, 1.82) is 0 Å². The molecule has 156 valence electrons. The van der Waals surface area contributed by atoms with E-state index in [0.29, 0.717) is 26.2 Å². The fourth-order valence-electron chi connectivity index (χ4n) is 2.76. The molecule has 9 heteroatoms. The summed E-state index contributed by atoms with van der Waals surface area (Å²) in [6.45, 7) is 3.53. The quantitative estimate of drug-likeness (QED) is 0.461. The number of hydrogen-bond acceptors (Lipinski definition) is 6. The van der Waals surface area contributed by atoms with Crippen LogP contribution in [0.25, 0.3) is 0 Å². The largest absolute Gasteiger partial charge is 0.462 e. The summed E-state index contributed by atoms with van der Waals surface area (Å²) >= 11 is 8.48. The van der Waals surface area contributed by atoms with Gasteiger partial charge in [-0.2, -0.15) is 0 Å². The van der Waals surface area contributed by atoms with Crippen LogP contribution < -0.4 is 10.6 Å². The van der Waals surface area contributed by atoms with Crippen LogP contribution in [0, 0.1) is 6.92 Å². The van der Waals surface area contributed by atoms with Gasteiger partial charge >= 0.3 is 5.97 Å². The van der Waals surface area contributed by atoms with Crippen LogP contribution in [-0.2, 0) is 16.0 Å². The number of esters is 1. The van der Waals surface area contributed by atoms with Crippen LogP contribution in [0.2, 0.25) is 5.02 Å². The first-order chi connectivity index (χ1) is 14.4. The normalized spacial score (nSPS) is 10.5. The summed E-state index contributed by atoms with van der Waals surface area (Å²) in [5.74, 6) is -1.26. The Bertz CT molecular complexity index is 1080. The van der Waals surface area contributed by atoms with Gasteiger partial charge in [0.1, 0.15) is 5.00 Å². The topological polar surface area (TPSA) is 84.5 Å². The van der Waals surface area contributed by atoms with Crippen molar-refractivity contribution in [2.75, 3.05) is 17.2 Å². The van der Waals surface area contributed by atoms with Crippen molar-refractivity contribution >= 4 is 62.7 Å². The molecular weight excluding hydrogens is 444 g/mol. The molecule has 0 saturated heterocycles. The highest BCUT2D eigenvalue weighted by Crippen LogP contribution is 2.34. The first kappa shape index (κ1) is 22.0. The molecule has 2 heterocycles. The molecule has 1 aromatic carbocycles. The van der Waals surface area contributed by atoms with E-state index in [-0.39, 0.29) is 24.5 Å². The van der Waals surface area contributed by atoms with E-state index in [2.05, 4.69) is 10.6 Å². The van der Waals surface area contributed by atoms with Crippen LogP contribution in [0.15, 0.2) is 41.8 Å². The average Bonchev–Trinajstić information content (AvgIpc) is 3.29. The lowest BCUT2D eigenvalue weighted by Gasteiger charge is -2.07. The fraction of sp³-hybridized carbons (Fsp3) is 0.190. The van der Waals surface area contributed by atoms with Crippen LogP contribution >= 0.6 is 34.3 Å². The second-order valence-electron chi connectivity index (χ2n) is 6.25. The highest BCUT2D eigenvalue weighted by molar-refractivity contribution is 7.19. The molecule has 0 aliphatic heterocycles. The zero-order valence-corrected chi connectivity index (χ0v) is 18.7. The number of carbonyl (C=O) groups is 3. The van der Waals surface area contributed by atoms with Crippen molar-refractivity contribution in [3.63, 3.8) is 0 Å². The second-order valence-corrected chi connectivity index (χ2v) is 8.74. The number of thiophene rings is 2. The maximum atomic E-state index is 12.8. The van der Waals surface area contributed by atoms with Crippen LogP contribution in [0.3, 0.4) is 0 Å². The standard InChI is InChI=1S/C21H19ClN2O4S2/c1-3-28-21(27)17-12(2)18(19(26)23-14-7-4-6-13(22)10-14)30-20(17)24-16(25)11-15-8-5-9-29-15/h4-10H,3,11H2,1-2H3,(H,23,26)(H,24,25). The SMILES string of the molecule is CCOC(=O)c1c(NC(=O)Cc2cccs2)sc(C(=O)Nc2cccc(Cl)c2)c1C. The van der Waals surface area contributed by atoms with E-state index in [1.807, 2.05) is 17.5 Å². The molecule has 0 saturated carbocycles. The van der Waals surface area contributed by atoms with Crippen LogP contribution in [0.5, 0.6) is 0 Å². The molecular formula is C21H19ClN2O4S2. The Balaban J connectivity index is 1.88. The van der Waals surface area contributed by atoms with Gasteiger partial charge in [-0.3, -0.25) is 9.59 Å². The predicted octanol–water partition coefficient (Wildman–Crippen LogP) is 5.38. The molecule has 0 atom stereocenters. The predicted molar refractivity (Wildman–Crippen MR) is 121 cm³/mol. The number of rotatable bonds is 7. The van der Waals surface area contributed by atoms with Gasteiger partial charge in [0.25, 0.3) is 5.91 Å². The molecule has 0 unspecified atom stereocenters. The Kier molecular flexibility index (Phi) is 7.25. The van der Waals surface area contributed by atoms with Crippen LogP contribution in [0.4, 0.5) is 10.7 Å².